The van der Waals surface area contributed by atoms with E-state index in [4.69, 9.17) is 11.6 Å². The van der Waals surface area contributed by atoms with Gasteiger partial charge in [-0.3, -0.25) is 0 Å². The summed E-state index contributed by atoms with van der Waals surface area (Å²) in [6.07, 6.45) is -2.72. The number of anilines is 1. The average molecular weight is 266 g/mol. The van der Waals surface area contributed by atoms with Crippen molar-refractivity contribution < 1.29 is 13.2 Å². The molecule has 17 heavy (non-hydrogen) atoms. The molecule has 0 atom stereocenters. The Kier molecular flexibility index (Phi) is 3.16. The highest BCUT2D eigenvalue weighted by molar-refractivity contribution is 6.28. The van der Waals surface area contributed by atoms with E-state index in [1.165, 1.54) is 11.0 Å². The number of aromatic nitrogens is 2. The molecule has 0 spiro atoms. The first-order chi connectivity index (χ1) is 7.85. The molecule has 94 valence electrons. The maximum atomic E-state index is 12.5. The van der Waals surface area contributed by atoms with Crippen molar-refractivity contribution in [3.05, 3.63) is 17.0 Å². The van der Waals surface area contributed by atoms with Crippen LogP contribution in [0.4, 0.5) is 19.0 Å². The molecule has 1 aliphatic rings. The van der Waals surface area contributed by atoms with Crippen LogP contribution >= 0.6 is 11.6 Å². The normalized spacial score (nSPS) is 16.1. The zero-order valence-corrected chi connectivity index (χ0v) is 9.89. The number of hydrogen-bond donors (Lipinski definition) is 0. The molecule has 0 aliphatic heterocycles. The lowest BCUT2D eigenvalue weighted by Crippen LogP contribution is -2.36. The third kappa shape index (κ3) is 3.46. The second kappa shape index (κ2) is 4.33. The maximum Gasteiger partial charge on any atom is 0.405 e. The summed E-state index contributed by atoms with van der Waals surface area (Å²) in [6.45, 7) is 0.681. The van der Waals surface area contributed by atoms with E-state index < -0.39 is 12.7 Å². The predicted octanol–water partition coefficient (Wildman–Crippen LogP) is 2.97. The van der Waals surface area contributed by atoms with Crippen LogP contribution in [0, 0.1) is 6.92 Å². The fraction of sp³-hybridized carbons (Fsp3) is 0.600. The van der Waals surface area contributed by atoms with Gasteiger partial charge in [0.1, 0.15) is 12.4 Å². The van der Waals surface area contributed by atoms with E-state index in [-0.39, 0.29) is 17.1 Å². The molecule has 1 fully saturated rings. The first-order valence-electron chi connectivity index (χ1n) is 5.20. The fourth-order valence-electron chi connectivity index (χ4n) is 1.64. The van der Waals surface area contributed by atoms with Crippen LogP contribution < -0.4 is 4.90 Å². The molecule has 1 aromatic heterocycles. The van der Waals surface area contributed by atoms with Crippen LogP contribution in [-0.2, 0) is 0 Å². The molecule has 1 saturated carbocycles. The number of rotatable bonds is 3. The summed E-state index contributed by atoms with van der Waals surface area (Å²) in [7, 11) is 0. The van der Waals surface area contributed by atoms with Gasteiger partial charge in [0.25, 0.3) is 0 Å². The predicted molar refractivity (Wildman–Crippen MR) is 58.2 cm³/mol. The summed E-state index contributed by atoms with van der Waals surface area (Å²) in [5.41, 5.74) is 0.563. The van der Waals surface area contributed by atoms with Gasteiger partial charge < -0.3 is 4.90 Å². The van der Waals surface area contributed by atoms with E-state index in [2.05, 4.69) is 9.97 Å². The zero-order valence-electron chi connectivity index (χ0n) is 9.13. The highest BCUT2D eigenvalue weighted by Crippen LogP contribution is 2.33. The Morgan fingerprint density at radius 2 is 2.06 bits per heavy atom. The third-order valence-electron chi connectivity index (χ3n) is 2.44. The van der Waals surface area contributed by atoms with Gasteiger partial charge >= 0.3 is 6.18 Å². The summed E-state index contributed by atoms with van der Waals surface area (Å²) >= 11 is 5.66. The van der Waals surface area contributed by atoms with Crippen molar-refractivity contribution in [1.29, 1.82) is 0 Å². The Morgan fingerprint density at radius 3 is 2.53 bits per heavy atom. The number of nitrogens with zero attached hydrogens (tertiary/aromatic N) is 3. The molecule has 1 aromatic rings. The Bertz CT molecular complexity index is 397. The minimum Gasteiger partial charge on any atom is -0.344 e. The molecular weight excluding hydrogens is 255 g/mol. The Morgan fingerprint density at radius 1 is 1.41 bits per heavy atom. The first-order valence-corrected chi connectivity index (χ1v) is 5.57. The lowest BCUT2D eigenvalue weighted by Gasteiger charge is -2.24. The highest BCUT2D eigenvalue weighted by Gasteiger charge is 2.38. The maximum absolute atomic E-state index is 12.5. The molecule has 0 amide bonds. The van der Waals surface area contributed by atoms with Gasteiger partial charge in [-0.2, -0.15) is 13.2 Å². The van der Waals surface area contributed by atoms with Crippen molar-refractivity contribution in [1.82, 2.24) is 9.97 Å². The standard InChI is InChI=1S/C10H11ClF3N3/c1-6-4-8(16-9(11)15-6)17(7-2-3-7)5-10(12,13)14/h4,7H,2-3,5H2,1H3. The van der Waals surface area contributed by atoms with Crippen molar-refractivity contribution in [3.8, 4) is 0 Å². The molecule has 0 unspecified atom stereocenters. The van der Waals surface area contributed by atoms with Crippen LogP contribution in [0.2, 0.25) is 5.28 Å². The topological polar surface area (TPSA) is 29.0 Å². The lowest BCUT2D eigenvalue weighted by molar-refractivity contribution is -0.120. The summed E-state index contributed by atoms with van der Waals surface area (Å²) in [5.74, 6) is 0.252. The first kappa shape index (κ1) is 12.4. The largest absolute Gasteiger partial charge is 0.405 e. The van der Waals surface area contributed by atoms with Crippen LogP contribution in [-0.4, -0.2) is 28.7 Å². The Hall–Kier alpha value is -1.04. The molecule has 0 saturated heterocycles. The molecule has 7 heteroatoms. The summed E-state index contributed by atoms with van der Waals surface area (Å²) in [6, 6.07) is 1.44. The van der Waals surface area contributed by atoms with E-state index in [1.54, 1.807) is 6.92 Å². The van der Waals surface area contributed by atoms with Gasteiger partial charge in [0.05, 0.1) is 0 Å². The average Bonchev–Trinajstić information content (AvgIpc) is 2.94. The zero-order chi connectivity index (χ0) is 12.6. The molecule has 2 rings (SSSR count). The van der Waals surface area contributed by atoms with E-state index >= 15 is 0 Å². The molecule has 1 aliphatic carbocycles. The number of alkyl halides is 3. The smallest absolute Gasteiger partial charge is 0.344 e. The Labute approximate surface area is 102 Å². The summed E-state index contributed by atoms with van der Waals surface area (Å²) < 4.78 is 37.4. The fourth-order valence-corrected chi connectivity index (χ4v) is 1.86. The van der Waals surface area contributed by atoms with Crippen LogP contribution in [0.15, 0.2) is 6.07 Å². The SMILES string of the molecule is Cc1cc(N(CC(F)(F)F)C2CC2)nc(Cl)n1. The quantitative estimate of drug-likeness (QED) is 0.787. The van der Waals surface area contributed by atoms with Crippen molar-refractivity contribution in [2.45, 2.75) is 32.0 Å². The van der Waals surface area contributed by atoms with Crippen LogP contribution in [0.5, 0.6) is 0 Å². The number of halogens is 4. The monoisotopic (exact) mass is 265 g/mol. The third-order valence-corrected chi connectivity index (χ3v) is 2.61. The van der Waals surface area contributed by atoms with E-state index in [9.17, 15) is 13.2 Å². The van der Waals surface area contributed by atoms with Crippen molar-refractivity contribution in [3.63, 3.8) is 0 Å². The lowest BCUT2D eigenvalue weighted by atomic mass is 10.3. The Balaban J connectivity index is 2.26. The van der Waals surface area contributed by atoms with Gasteiger partial charge in [0.2, 0.25) is 5.28 Å². The molecule has 3 nitrogen and oxygen atoms in total. The van der Waals surface area contributed by atoms with Crippen LogP contribution in [0.3, 0.4) is 0 Å². The van der Waals surface area contributed by atoms with E-state index in [1.807, 2.05) is 0 Å². The van der Waals surface area contributed by atoms with Gasteiger partial charge in [-0.15, -0.1) is 0 Å². The molecule has 1 heterocycles. The summed E-state index contributed by atoms with van der Waals surface area (Å²) in [5, 5.41) is -0.0205. The number of aryl methyl sites for hydroxylation is 1. The second-order valence-electron chi connectivity index (χ2n) is 4.11. The minimum absolute atomic E-state index is 0.0205. The van der Waals surface area contributed by atoms with Gasteiger partial charge in [-0.25, -0.2) is 9.97 Å². The summed E-state index contributed by atoms with van der Waals surface area (Å²) in [4.78, 5) is 8.95. The van der Waals surface area contributed by atoms with Crippen molar-refractivity contribution >= 4 is 17.4 Å². The van der Waals surface area contributed by atoms with Crippen LogP contribution in [0.25, 0.3) is 0 Å². The molecule has 0 N–H and O–H groups in total. The minimum atomic E-state index is -4.24. The van der Waals surface area contributed by atoms with E-state index in [0.717, 1.165) is 12.8 Å². The van der Waals surface area contributed by atoms with Crippen LogP contribution in [0.1, 0.15) is 18.5 Å². The number of hydrogen-bond acceptors (Lipinski definition) is 3. The second-order valence-corrected chi connectivity index (χ2v) is 4.45. The van der Waals surface area contributed by atoms with Gasteiger partial charge in [0.15, 0.2) is 0 Å². The van der Waals surface area contributed by atoms with Crippen molar-refractivity contribution in [2.75, 3.05) is 11.4 Å². The molecular formula is C10H11ClF3N3. The van der Waals surface area contributed by atoms with E-state index in [0.29, 0.717) is 5.69 Å². The molecule has 0 radical (unpaired) electrons. The molecule has 0 aromatic carbocycles. The van der Waals surface area contributed by atoms with Crippen molar-refractivity contribution in [2.24, 2.45) is 0 Å². The van der Waals surface area contributed by atoms with Gasteiger partial charge in [-0.05, 0) is 31.4 Å². The molecule has 0 bridgehead atoms. The van der Waals surface area contributed by atoms with Gasteiger partial charge in [0, 0.05) is 17.8 Å². The van der Waals surface area contributed by atoms with Gasteiger partial charge in [-0.1, -0.05) is 0 Å². The highest BCUT2D eigenvalue weighted by atomic mass is 35.5.